The van der Waals surface area contributed by atoms with Gasteiger partial charge < -0.3 is 89.9 Å². The number of aliphatic hydroxyl groups excluding tert-OH is 11. The molecule has 0 aliphatic carbocycles. The zero-order valence-corrected chi connectivity index (χ0v) is 55.7. The van der Waals surface area contributed by atoms with Gasteiger partial charge in [-0.3, -0.25) is 4.79 Å². The first kappa shape index (κ1) is 82.7. The van der Waals surface area contributed by atoms with Gasteiger partial charge in [0.05, 0.1) is 38.6 Å². The molecule has 0 bridgehead atoms. The number of hydrogen-bond donors (Lipinski definition) is 12. The summed E-state index contributed by atoms with van der Waals surface area (Å²) in [5.74, 6) is -0.285. The lowest BCUT2D eigenvalue weighted by Gasteiger charge is -2.48. The van der Waals surface area contributed by atoms with Crippen LogP contribution in [0.4, 0.5) is 0 Å². The second-order valence-electron chi connectivity index (χ2n) is 24.6. The average molecular weight is 1300 g/mol. The van der Waals surface area contributed by atoms with E-state index >= 15 is 0 Å². The highest BCUT2D eigenvalue weighted by Gasteiger charge is 2.53. The molecular formula is C73H123NO18. The maximum absolute atomic E-state index is 13.3. The van der Waals surface area contributed by atoms with Crippen molar-refractivity contribution in [1.82, 2.24) is 5.32 Å². The Hall–Kier alpha value is -3.55. The van der Waals surface area contributed by atoms with Crippen LogP contribution in [0.15, 0.2) is 109 Å². The number of ether oxygens (including phenoxy) is 6. The molecule has 3 saturated heterocycles. The first-order valence-electron chi connectivity index (χ1n) is 35.1. The van der Waals surface area contributed by atoms with Crippen molar-refractivity contribution in [1.29, 1.82) is 0 Å². The molecule has 0 aromatic carbocycles. The van der Waals surface area contributed by atoms with Gasteiger partial charge in [0.1, 0.15) is 73.2 Å². The Labute approximate surface area is 551 Å². The molecule has 0 spiro atoms. The Morgan fingerprint density at radius 2 is 0.750 bits per heavy atom. The van der Waals surface area contributed by atoms with Gasteiger partial charge in [-0.05, 0) is 83.5 Å². The van der Waals surface area contributed by atoms with E-state index in [1.807, 2.05) is 6.08 Å². The van der Waals surface area contributed by atoms with Crippen molar-refractivity contribution in [2.45, 2.75) is 317 Å². The van der Waals surface area contributed by atoms with E-state index in [1.54, 1.807) is 6.08 Å². The maximum Gasteiger partial charge on any atom is 0.220 e. The van der Waals surface area contributed by atoms with Gasteiger partial charge >= 0.3 is 0 Å². The maximum atomic E-state index is 13.3. The summed E-state index contributed by atoms with van der Waals surface area (Å²) in [6.45, 7) is 1.50. The third-order valence-electron chi connectivity index (χ3n) is 16.8. The zero-order valence-electron chi connectivity index (χ0n) is 55.7. The molecule has 19 nitrogen and oxygen atoms in total. The summed E-state index contributed by atoms with van der Waals surface area (Å²) < 4.78 is 34.1. The van der Waals surface area contributed by atoms with Crippen LogP contribution in [0, 0.1) is 0 Å². The van der Waals surface area contributed by atoms with Crippen LogP contribution >= 0.6 is 0 Å². The van der Waals surface area contributed by atoms with Gasteiger partial charge in [-0.15, -0.1) is 0 Å². The number of amides is 1. The molecule has 528 valence electrons. The zero-order chi connectivity index (χ0) is 66.8. The number of allylic oxidation sites excluding steroid dienone is 17. The Kier molecular flexibility index (Phi) is 48.1. The summed E-state index contributed by atoms with van der Waals surface area (Å²) in [6, 6.07) is -0.974. The standard InChI is InChI=1S/C73H123NO18/c1-3-5-7-9-11-12-13-14-15-16-17-18-19-20-21-22-23-24-25-26-27-28-29-30-31-32-33-34-35-36-37-38-39-40-41-42-43-44-45-47-49-51-61(79)74-56(57(78)50-48-46-10-8-6-4-2)55-87-71-67(85)64(82)69(59(53-76)89-71)92-73-68(86)65(83)70(60(54-77)90-73)91-72-66(84)63(81)62(80)58(52-75)88-72/h5,7,11-12,14-15,17-18,20-21,23-24,26-27,29-30,48,50,56-60,62-73,75-78,80-86H,3-4,6,8-10,13,16,19,22,25,28,31-47,49,51-55H2,1-2H3,(H,74,79)/b7-5-,12-11-,15-14-,18-17-,21-20-,24-23-,27-26-,30-29-,50-48+. The Morgan fingerprint density at radius 3 is 1.17 bits per heavy atom. The molecule has 1 amide bonds. The lowest BCUT2D eigenvalue weighted by atomic mass is 9.96. The summed E-state index contributed by atoms with van der Waals surface area (Å²) >= 11 is 0. The number of carbonyl (C=O) groups is 1. The Bertz CT molecular complexity index is 2090. The number of hydrogen-bond acceptors (Lipinski definition) is 18. The minimum absolute atomic E-state index is 0.238. The molecule has 17 unspecified atom stereocenters. The molecule has 3 heterocycles. The predicted octanol–water partition coefficient (Wildman–Crippen LogP) is 9.44. The van der Waals surface area contributed by atoms with Crippen LogP contribution in [0.5, 0.6) is 0 Å². The van der Waals surface area contributed by atoms with E-state index in [9.17, 15) is 61.0 Å². The monoisotopic (exact) mass is 1300 g/mol. The van der Waals surface area contributed by atoms with Crippen molar-refractivity contribution in [2.75, 3.05) is 26.4 Å². The molecule has 3 rings (SSSR count). The van der Waals surface area contributed by atoms with Crippen LogP contribution in [-0.2, 0) is 33.2 Å². The number of rotatable bonds is 52. The Balaban J connectivity index is 1.24. The molecule has 3 fully saturated rings. The van der Waals surface area contributed by atoms with E-state index in [0.717, 1.165) is 103 Å². The summed E-state index contributed by atoms with van der Waals surface area (Å²) in [6.07, 6.45) is 45.9. The molecule has 0 aromatic rings. The molecule has 0 aromatic heterocycles. The van der Waals surface area contributed by atoms with E-state index in [1.165, 1.54) is 83.5 Å². The largest absolute Gasteiger partial charge is 0.394 e. The van der Waals surface area contributed by atoms with Gasteiger partial charge in [-0.25, -0.2) is 0 Å². The molecule has 19 heteroatoms. The van der Waals surface area contributed by atoms with Crippen LogP contribution < -0.4 is 5.32 Å². The summed E-state index contributed by atoms with van der Waals surface area (Å²) in [4.78, 5) is 13.3. The fourth-order valence-corrected chi connectivity index (χ4v) is 11.1. The summed E-state index contributed by atoms with van der Waals surface area (Å²) in [5, 5.41) is 120. The van der Waals surface area contributed by atoms with Crippen molar-refractivity contribution < 1.29 is 89.4 Å². The quantitative estimate of drug-likeness (QED) is 0.0199. The smallest absolute Gasteiger partial charge is 0.220 e. The van der Waals surface area contributed by atoms with Crippen molar-refractivity contribution >= 4 is 5.91 Å². The fraction of sp³-hybridized carbons (Fsp3) is 0.740. The van der Waals surface area contributed by atoms with E-state index in [4.69, 9.17) is 28.4 Å². The summed E-state index contributed by atoms with van der Waals surface area (Å²) in [7, 11) is 0. The molecule has 3 aliphatic heterocycles. The highest BCUT2D eigenvalue weighted by Crippen LogP contribution is 2.33. The SMILES string of the molecule is CC/C=C\C/C=C\C/C=C\C/C=C\C/C=C\C/C=C\C/C=C\C/C=C\CCCCCCCCCCCCCCCCCCC(=O)NC(COC1OC(CO)C(OC2OC(CO)C(OC3OC(CO)C(O)C(O)C3O)C(O)C2O)C(O)C1O)C(O)/C=C/CCCCCC. The van der Waals surface area contributed by atoms with Crippen LogP contribution in [0.3, 0.4) is 0 Å². The first-order chi connectivity index (χ1) is 44.8. The number of unbranched alkanes of at least 4 members (excludes halogenated alkanes) is 20. The van der Waals surface area contributed by atoms with Crippen LogP contribution in [0.25, 0.3) is 0 Å². The molecule has 3 aliphatic rings. The van der Waals surface area contributed by atoms with E-state index in [0.29, 0.717) is 6.42 Å². The predicted molar refractivity (Wildman–Crippen MR) is 360 cm³/mol. The van der Waals surface area contributed by atoms with Crippen LogP contribution in [0.1, 0.15) is 213 Å². The van der Waals surface area contributed by atoms with Gasteiger partial charge in [0, 0.05) is 6.42 Å². The van der Waals surface area contributed by atoms with Crippen LogP contribution in [-0.4, -0.2) is 193 Å². The molecular weight excluding hydrogens is 1180 g/mol. The van der Waals surface area contributed by atoms with E-state index < -0.39 is 124 Å². The van der Waals surface area contributed by atoms with Crippen molar-refractivity contribution in [2.24, 2.45) is 0 Å². The summed E-state index contributed by atoms with van der Waals surface area (Å²) in [5.41, 5.74) is 0. The molecule has 92 heavy (non-hydrogen) atoms. The van der Waals surface area contributed by atoms with Crippen molar-refractivity contribution in [3.05, 3.63) is 109 Å². The normalized spacial score (nSPS) is 28.4. The van der Waals surface area contributed by atoms with E-state index in [-0.39, 0.29) is 18.9 Å². The number of carbonyl (C=O) groups excluding carboxylic acids is 1. The molecule has 17 atom stereocenters. The average Bonchev–Trinajstić information content (AvgIpc) is 0.817. The van der Waals surface area contributed by atoms with Crippen molar-refractivity contribution in [3.8, 4) is 0 Å². The minimum atomic E-state index is -1.98. The van der Waals surface area contributed by atoms with Gasteiger partial charge in [0.15, 0.2) is 18.9 Å². The third kappa shape index (κ3) is 34.9. The van der Waals surface area contributed by atoms with Gasteiger partial charge in [0.2, 0.25) is 5.91 Å². The van der Waals surface area contributed by atoms with Gasteiger partial charge in [0.25, 0.3) is 0 Å². The van der Waals surface area contributed by atoms with Crippen LogP contribution in [0.2, 0.25) is 0 Å². The van der Waals surface area contributed by atoms with Crippen molar-refractivity contribution in [3.63, 3.8) is 0 Å². The lowest BCUT2D eigenvalue weighted by Crippen LogP contribution is -2.66. The van der Waals surface area contributed by atoms with Gasteiger partial charge in [-0.2, -0.15) is 0 Å². The van der Waals surface area contributed by atoms with Gasteiger partial charge in [-0.1, -0.05) is 232 Å². The first-order valence-corrected chi connectivity index (χ1v) is 35.1. The fourth-order valence-electron chi connectivity index (χ4n) is 11.1. The Morgan fingerprint density at radius 1 is 0.402 bits per heavy atom. The molecule has 0 radical (unpaired) electrons. The highest BCUT2D eigenvalue weighted by atomic mass is 16.8. The molecule has 0 saturated carbocycles. The second-order valence-corrected chi connectivity index (χ2v) is 24.6. The molecule has 12 N–H and O–H groups in total. The lowest BCUT2D eigenvalue weighted by molar-refractivity contribution is -0.379. The highest BCUT2D eigenvalue weighted by molar-refractivity contribution is 5.76. The topological polar surface area (TPSA) is 307 Å². The number of aliphatic hydroxyl groups is 11. The second kappa shape index (κ2) is 53.6. The number of nitrogens with one attached hydrogen (secondary N) is 1. The third-order valence-corrected chi connectivity index (χ3v) is 16.8. The minimum Gasteiger partial charge on any atom is -0.394 e. The van der Waals surface area contributed by atoms with E-state index in [2.05, 4.69) is 116 Å².